The molecule has 3 rings (SSSR count). The van der Waals surface area contributed by atoms with E-state index in [1.165, 1.54) is 22.2 Å². The van der Waals surface area contributed by atoms with Gasteiger partial charge in [0.1, 0.15) is 4.83 Å². The lowest BCUT2D eigenvalue weighted by Crippen LogP contribution is -2.27. The fourth-order valence-corrected chi connectivity index (χ4v) is 2.79. The average Bonchev–Trinajstić information content (AvgIpc) is 3.03. The summed E-state index contributed by atoms with van der Waals surface area (Å²) < 4.78 is 1.47. The molecule has 7 heteroatoms. The number of carbonyl (C=O) groups is 1. The summed E-state index contributed by atoms with van der Waals surface area (Å²) in [5.74, 6) is -0.110. The highest BCUT2D eigenvalue weighted by molar-refractivity contribution is 7.16. The second-order valence-electron chi connectivity index (χ2n) is 4.77. The number of aryl methyl sites for hydroxylation is 1. The summed E-state index contributed by atoms with van der Waals surface area (Å²) in [6.07, 6.45) is 5.12. The maximum absolute atomic E-state index is 12.2. The predicted molar refractivity (Wildman–Crippen MR) is 84.6 cm³/mol. The summed E-state index contributed by atoms with van der Waals surface area (Å²) >= 11 is 1.43. The van der Waals surface area contributed by atoms with E-state index in [0.717, 1.165) is 10.4 Å². The van der Waals surface area contributed by atoms with Gasteiger partial charge in [0.15, 0.2) is 0 Å². The molecule has 0 spiro atoms. The number of pyridine rings is 1. The van der Waals surface area contributed by atoms with Crippen LogP contribution in [-0.4, -0.2) is 20.4 Å². The molecule has 3 aromatic rings. The van der Waals surface area contributed by atoms with E-state index in [0.29, 0.717) is 18.5 Å². The third-order valence-corrected chi connectivity index (χ3v) is 4.06. The normalized spacial score (nSPS) is 10.7. The molecule has 0 aliphatic rings. The van der Waals surface area contributed by atoms with E-state index in [1.807, 2.05) is 17.5 Å². The highest BCUT2D eigenvalue weighted by Gasteiger charge is 2.07. The van der Waals surface area contributed by atoms with Crippen LogP contribution in [0.2, 0.25) is 0 Å². The lowest BCUT2D eigenvalue weighted by atomic mass is 10.3. The smallest absolute Gasteiger partial charge is 0.262 e. The van der Waals surface area contributed by atoms with Gasteiger partial charge in [-0.2, -0.15) is 0 Å². The third-order valence-electron chi connectivity index (χ3n) is 3.24. The minimum atomic E-state index is -0.110. The molecule has 1 amide bonds. The maximum Gasteiger partial charge on any atom is 0.262 e. The standard InChI is InChI=1S/C15H14N4O2S/c20-13(17-9-11-2-1-5-16-8-11)3-6-19-10-18-14-12(15(19)21)4-7-22-14/h1-2,4-5,7-8,10H,3,6,9H2,(H,17,20). The molecule has 3 heterocycles. The van der Waals surface area contributed by atoms with Gasteiger partial charge in [0.25, 0.3) is 5.56 Å². The Balaban J connectivity index is 1.58. The summed E-state index contributed by atoms with van der Waals surface area (Å²) in [5.41, 5.74) is 0.834. The van der Waals surface area contributed by atoms with E-state index in [1.54, 1.807) is 18.5 Å². The topological polar surface area (TPSA) is 76.9 Å². The first-order chi connectivity index (χ1) is 10.7. The first-order valence-electron chi connectivity index (χ1n) is 6.82. The lowest BCUT2D eigenvalue weighted by Gasteiger charge is -2.07. The molecule has 0 aromatic carbocycles. The number of hydrogen-bond donors (Lipinski definition) is 1. The Morgan fingerprint density at radius 3 is 3.09 bits per heavy atom. The maximum atomic E-state index is 12.2. The van der Waals surface area contributed by atoms with Crippen molar-refractivity contribution in [1.29, 1.82) is 0 Å². The molecular formula is C15H14N4O2S. The van der Waals surface area contributed by atoms with Gasteiger partial charge in [0.2, 0.25) is 5.91 Å². The fourth-order valence-electron chi connectivity index (χ4n) is 2.07. The molecule has 22 heavy (non-hydrogen) atoms. The monoisotopic (exact) mass is 314 g/mol. The fraction of sp³-hybridized carbons (Fsp3) is 0.200. The zero-order valence-corrected chi connectivity index (χ0v) is 12.5. The van der Waals surface area contributed by atoms with Gasteiger partial charge in [0.05, 0.1) is 11.7 Å². The molecule has 0 bridgehead atoms. The highest BCUT2D eigenvalue weighted by atomic mass is 32.1. The van der Waals surface area contributed by atoms with Crippen molar-refractivity contribution in [2.24, 2.45) is 0 Å². The molecular weight excluding hydrogens is 300 g/mol. The molecule has 0 saturated heterocycles. The summed E-state index contributed by atoms with van der Waals surface area (Å²) in [7, 11) is 0. The van der Waals surface area contributed by atoms with Crippen LogP contribution in [0.1, 0.15) is 12.0 Å². The quantitative estimate of drug-likeness (QED) is 0.775. The second-order valence-corrected chi connectivity index (χ2v) is 5.67. The number of thiophene rings is 1. The van der Waals surface area contributed by atoms with E-state index >= 15 is 0 Å². The molecule has 112 valence electrons. The van der Waals surface area contributed by atoms with Crippen LogP contribution in [0.4, 0.5) is 0 Å². The predicted octanol–water partition coefficient (Wildman–Crippen LogP) is 1.56. The van der Waals surface area contributed by atoms with Crippen molar-refractivity contribution in [3.05, 3.63) is 58.2 Å². The van der Waals surface area contributed by atoms with Crippen LogP contribution in [0.15, 0.2) is 47.1 Å². The molecule has 3 aromatic heterocycles. The van der Waals surface area contributed by atoms with Crippen LogP contribution in [0.5, 0.6) is 0 Å². The van der Waals surface area contributed by atoms with Gasteiger partial charge in [0, 0.05) is 31.9 Å². The minimum Gasteiger partial charge on any atom is -0.352 e. The van der Waals surface area contributed by atoms with Gasteiger partial charge in [-0.1, -0.05) is 6.07 Å². The third kappa shape index (κ3) is 3.20. The van der Waals surface area contributed by atoms with Crippen LogP contribution in [0.25, 0.3) is 10.2 Å². The number of hydrogen-bond acceptors (Lipinski definition) is 5. The number of rotatable bonds is 5. The minimum absolute atomic E-state index is 0.105. The Kier molecular flexibility index (Phi) is 4.24. The van der Waals surface area contributed by atoms with Crippen LogP contribution in [-0.2, 0) is 17.9 Å². The first-order valence-corrected chi connectivity index (χ1v) is 7.70. The van der Waals surface area contributed by atoms with E-state index in [2.05, 4.69) is 15.3 Å². The van der Waals surface area contributed by atoms with E-state index in [-0.39, 0.29) is 17.9 Å². The Morgan fingerprint density at radius 1 is 1.36 bits per heavy atom. The van der Waals surface area contributed by atoms with E-state index in [9.17, 15) is 9.59 Å². The van der Waals surface area contributed by atoms with Gasteiger partial charge in [-0.15, -0.1) is 11.3 Å². The summed E-state index contributed by atoms with van der Waals surface area (Å²) in [4.78, 5) is 32.9. The number of aromatic nitrogens is 3. The number of nitrogens with zero attached hydrogens (tertiary/aromatic N) is 3. The van der Waals surface area contributed by atoms with Crippen molar-refractivity contribution in [1.82, 2.24) is 19.9 Å². The zero-order chi connectivity index (χ0) is 15.4. The molecule has 0 radical (unpaired) electrons. The summed E-state index contributed by atoms with van der Waals surface area (Å²) in [5, 5.41) is 5.25. The van der Waals surface area contributed by atoms with Crippen LogP contribution < -0.4 is 10.9 Å². The number of fused-ring (bicyclic) bond motifs is 1. The first kappa shape index (κ1) is 14.4. The second kappa shape index (κ2) is 6.48. The largest absolute Gasteiger partial charge is 0.352 e. The number of carbonyl (C=O) groups excluding carboxylic acids is 1. The molecule has 0 aliphatic carbocycles. The van der Waals surface area contributed by atoms with Gasteiger partial charge in [-0.25, -0.2) is 4.98 Å². The molecule has 0 unspecified atom stereocenters. The Morgan fingerprint density at radius 2 is 2.27 bits per heavy atom. The zero-order valence-electron chi connectivity index (χ0n) is 11.7. The summed E-state index contributed by atoms with van der Waals surface area (Å²) in [6, 6.07) is 5.48. The summed E-state index contributed by atoms with van der Waals surface area (Å²) in [6.45, 7) is 0.750. The van der Waals surface area contributed by atoms with Crippen molar-refractivity contribution in [2.75, 3.05) is 0 Å². The molecule has 0 aliphatic heterocycles. The molecule has 0 atom stereocenters. The molecule has 1 N–H and O–H groups in total. The van der Waals surface area contributed by atoms with Gasteiger partial charge < -0.3 is 5.32 Å². The van der Waals surface area contributed by atoms with E-state index in [4.69, 9.17) is 0 Å². The van der Waals surface area contributed by atoms with Crippen molar-refractivity contribution in [3.8, 4) is 0 Å². The van der Waals surface area contributed by atoms with Crippen LogP contribution in [0.3, 0.4) is 0 Å². The van der Waals surface area contributed by atoms with E-state index < -0.39 is 0 Å². The molecule has 0 fully saturated rings. The number of amides is 1. The van der Waals surface area contributed by atoms with Crippen molar-refractivity contribution in [3.63, 3.8) is 0 Å². The molecule has 6 nitrogen and oxygen atoms in total. The Hall–Kier alpha value is -2.54. The van der Waals surface area contributed by atoms with Gasteiger partial charge >= 0.3 is 0 Å². The van der Waals surface area contributed by atoms with Crippen LogP contribution in [0, 0.1) is 0 Å². The van der Waals surface area contributed by atoms with Gasteiger partial charge in [-0.05, 0) is 23.1 Å². The van der Waals surface area contributed by atoms with Crippen LogP contribution >= 0.6 is 11.3 Å². The van der Waals surface area contributed by atoms with Crippen molar-refractivity contribution in [2.45, 2.75) is 19.5 Å². The number of nitrogens with one attached hydrogen (secondary N) is 1. The highest BCUT2D eigenvalue weighted by Crippen LogP contribution is 2.13. The van der Waals surface area contributed by atoms with Gasteiger partial charge in [-0.3, -0.25) is 19.1 Å². The molecule has 0 saturated carbocycles. The average molecular weight is 314 g/mol. The van der Waals surface area contributed by atoms with Crippen molar-refractivity contribution >= 4 is 27.5 Å². The Bertz CT molecular complexity index is 841. The SMILES string of the molecule is O=C(CCn1cnc2sccc2c1=O)NCc1cccnc1. The van der Waals surface area contributed by atoms with Crippen molar-refractivity contribution < 1.29 is 4.79 Å². The Labute approximate surface area is 130 Å². The lowest BCUT2D eigenvalue weighted by molar-refractivity contribution is -0.121.